The number of anilines is 1. The van der Waals surface area contributed by atoms with E-state index in [1.807, 2.05) is 44.2 Å². The maximum Gasteiger partial charge on any atom is 0.250 e. The minimum atomic E-state index is -0.132. The molecule has 0 aliphatic heterocycles. The highest BCUT2D eigenvalue weighted by atomic mass is 16.5. The van der Waals surface area contributed by atoms with Gasteiger partial charge in [0.05, 0.1) is 37.3 Å². The van der Waals surface area contributed by atoms with Gasteiger partial charge in [-0.05, 0) is 37.6 Å². The summed E-state index contributed by atoms with van der Waals surface area (Å²) in [5.74, 6) is 1.10. The number of amides is 1. The summed E-state index contributed by atoms with van der Waals surface area (Å²) in [6.07, 6.45) is 3.42. The predicted molar refractivity (Wildman–Crippen MR) is 94.0 cm³/mol. The maximum atomic E-state index is 12.1. The molecule has 0 unspecified atom stereocenters. The van der Waals surface area contributed by atoms with Crippen molar-refractivity contribution in [2.24, 2.45) is 0 Å². The summed E-state index contributed by atoms with van der Waals surface area (Å²) < 4.78 is 6.77. The summed E-state index contributed by atoms with van der Waals surface area (Å²) in [5.41, 5.74) is 3.30. The second-order valence-corrected chi connectivity index (χ2v) is 5.68. The Morgan fingerprint density at radius 1 is 1.16 bits per heavy atom. The molecule has 0 atom stereocenters. The van der Waals surface area contributed by atoms with E-state index in [1.54, 1.807) is 24.2 Å². The normalized spacial score (nSPS) is 10.5. The van der Waals surface area contributed by atoms with Crippen molar-refractivity contribution in [1.82, 2.24) is 19.7 Å². The molecule has 2 aromatic heterocycles. The first kappa shape index (κ1) is 16.6. The van der Waals surface area contributed by atoms with E-state index < -0.39 is 0 Å². The third-order valence-electron chi connectivity index (χ3n) is 3.64. The minimum Gasteiger partial charge on any atom is -0.497 e. The van der Waals surface area contributed by atoms with Crippen LogP contribution in [0, 0.1) is 13.8 Å². The summed E-state index contributed by atoms with van der Waals surface area (Å²) in [4.78, 5) is 20.7. The number of nitrogens with one attached hydrogen (secondary N) is 1. The van der Waals surface area contributed by atoms with Gasteiger partial charge in [-0.15, -0.1) is 0 Å². The van der Waals surface area contributed by atoms with E-state index in [0.717, 1.165) is 22.7 Å². The summed E-state index contributed by atoms with van der Waals surface area (Å²) in [6, 6.07) is 9.33. The van der Waals surface area contributed by atoms with Crippen LogP contribution in [0.1, 0.15) is 17.0 Å². The molecule has 7 nitrogen and oxygen atoms in total. The lowest BCUT2D eigenvalue weighted by molar-refractivity contribution is -0.115. The van der Waals surface area contributed by atoms with Crippen LogP contribution in [0.2, 0.25) is 0 Å². The fourth-order valence-electron chi connectivity index (χ4n) is 2.46. The van der Waals surface area contributed by atoms with E-state index >= 15 is 0 Å². The number of ether oxygens (including phenoxy) is 1. The Kier molecular flexibility index (Phi) is 4.74. The highest BCUT2D eigenvalue weighted by Crippen LogP contribution is 2.13. The molecule has 0 aliphatic rings. The third kappa shape index (κ3) is 4.00. The van der Waals surface area contributed by atoms with Crippen molar-refractivity contribution in [2.45, 2.75) is 20.3 Å². The molecule has 3 aromatic rings. The second kappa shape index (κ2) is 7.12. The topological polar surface area (TPSA) is 81.9 Å². The molecule has 0 aliphatic carbocycles. The smallest absolute Gasteiger partial charge is 0.250 e. The summed E-state index contributed by atoms with van der Waals surface area (Å²) in [7, 11) is 1.61. The molecule has 7 heteroatoms. The number of hydrogen-bond donors (Lipinski definition) is 1. The van der Waals surface area contributed by atoms with Gasteiger partial charge >= 0.3 is 0 Å². The molecule has 0 bridgehead atoms. The lowest BCUT2D eigenvalue weighted by Crippen LogP contribution is -2.15. The number of rotatable bonds is 5. The molecule has 3 rings (SSSR count). The number of carbonyl (C=O) groups is 1. The van der Waals surface area contributed by atoms with Crippen LogP contribution in [0.4, 0.5) is 5.69 Å². The average Bonchev–Trinajstić information content (AvgIpc) is 2.94. The SMILES string of the molecule is COc1ccc(CC(=O)Nc2cnc(-n3nc(C)cc3C)nc2)cc1. The molecular weight excluding hydrogens is 318 g/mol. The van der Waals surface area contributed by atoms with Gasteiger partial charge in [-0.3, -0.25) is 4.79 Å². The van der Waals surface area contributed by atoms with Crippen LogP contribution in [0.25, 0.3) is 5.95 Å². The monoisotopic (exact) mass is 337 g/mol. The first-order valence-electron chi connectivity index (χ1n) is 7.83. The van der Waals surface area contributed by atoms with E-state index in [1.165, 1.54) is 0 Å². The van der Waals surface area contributed by atoms with E-state index in [0.29, 0.717) is 11.6 Å². The first-order chi connectivity index (χ1) is 12.0. The maximum absolute atomic E-state index is 12.1. The van der Waals surface area contributed by atoms with Crippen molar-refractivity contribution in [1.29, 1.82) is 0 Å². The predicted octanol–water partition coefficient (Wildman–Crippen LogP) is 2.47. The zero-order chi connectivity index (χ0) is 17.8. The Morgan fingerprint density at radius 3 is 2.40 bits per heavy atom. The number of nitrogens with zero attached hydrogens (tertiary/aromatic N) is 4. The fourth-order valence-corrected chi connectivity index (χ4v) is 2.46. The van der Waals surface area contributed by atoms with Gasteiger partial charge in [0, 0.05) is 5.69 Å². The van der Waals surface area contributed by atoms with Crippen LogP contribution in [0.3, 0.4) is 0 Å². The third-order valence-corrected chi connectivity index (χ3v) is 3.64. The Morgan fingerprint density at radius 2 is 1.84 bits per heavy atom. The lowest BCUT2D eigenvalue weighted by atomic mass is 10.1. The van der Waals surface area contributed by atoms with Crippen LogP contribution in [0.15, 0.2) is 42.7 Å². The van der Waals surface area contributed by atoms with Gasteiger partial charge in [-0.25, -0.2) is 14.6 Å². The van der Waals surface area contributed by atoms with Crippen molar-refractivity contribution in [3.63, 3.8) is 0 Å². The van der Waals surface area contributed by atoms with E-state index in [4.69, 9.17) is 4.74 Å². The van der Waals surface area contributed by atoms with Gasteiger partial charge in [-0.1, -0.05) is 12.1 Å². The zero-order valence-electron chi connectivity index (χ0n) is 14.4. The zero-order valence-corrected chi connectivity index (χ0v) is 14.4. The standard InChI is InChI=1S/C18H19N5O2/c1-12-8-13(2)23(22-12)18-19-10-15(11-20-18)21-17(24)9-14-4-6-16(25-3)7-5-14/h4-8,10-11H,9H2,1-3H3,(H,21,24). The molecule has 1 amide bonds. The van der Waals surface area contributed by atoms with Crippen LogP contribution < -0.4 is 10.1 Å². The van der Waals surface area contributed by atoms with Crippen LogP contribution >= 0.6 is 0 Å². The van der Waals surface area contributed by atoms with Crippen molar-refractivity contribution >= 4 is 11.6 Å². The molecule has 0 saturated carbocycles. The van der Waals surface area contributed by atoms with Gasteiger partial charge in [0.15, 0.2) is 0 Å². The fraction of sp³-hybridized carbons (Fsp3) is 0.222. The number of aryl methyl sites for hydroxylation is 2. The Bertz CT molecular complexity index is 869. The minimum absolute atomic E-state index is 0.132. The molecule has 2 heterocycles. The van der Waals surface area contributed by atoms with Crippen molar-refractivity contribution in [3.05, 3.63) is 59.7 Å². The lowest BCUT2D eigenvalue weighted by Gasteiger charge is -2.07. The molecule has 1 N–H and O–H groups in total. The first-order valence-corrected chi connectivity index (χ1v) is 7.83. The van der Waals surface area contributed by atoms with Crippen molar-refractivity contribution < 1.29 is 9.53 Å². The Hall–Kier alpha value is -3.22. The van der Waals surface area contributed by atoms with Gasteiger partial charge in [0.1, 0.15) is 5.75 Å². The summed E-state index contributed by atoms with van der Waals surface area (Å²) in [5, 5.41) is 7.13. The quantitative estimate of drug-likeness (QED) is 0.773. The number of aromatic nitrogens is 4. The number of carbonyl (C=O) groups excluding carboxylic acids is 1. The number of benzene rings is 1. The van der Waals surface area contributed by atoms with Gasteiger partial charge in [-0.2, -0.15) is 5.10 Å². The van der Waals surface area contributed by atoms with E-state index in [2.05, 4.69) is 20.4 Å². The van der Waals surface area contributed by atoms with E-state index in [-0.39, 0.29) is 12.3 Å². The highest BCUT2D eigenvalue weighted by Gasteiger charge is 2.08. The molecular formula is C18H19N5O2. The average molecular weight is 337 g/mol. The molecule has 0 spiro atoms. The highest BCUT2D eigenvalue weighted by molar-refractivity contribution is 5.91. The molecule has 25 heavy (non-hydrogen) atoms. The number of methoxy groups -OCH3 is 1. The summed E-state index contributed by atoms with van der Waals surface area (Å²) >= 11 is 0. The summed E-state index contributed by atoms with van der Waals surface area (Å²) in [6.45, 7) is 3.85. The van der Waals surface area contributed by atoms with Crippen molar-refractivity contribution in [3.8, 4) is 11.7 Å². The van der Waals surface area contributed by atoms with Crippen LogP contribution in [0.5, 0.6) is 5.75 Å². The molecule has 0 saturated heterocycles. The van der Waals surface area contributed by atoms with Crippen LogP contribution in [-0.4, -0.2) is 32.8 Å². The Balaban J connectivity index is 1.64. The van der Waals surface area contributed by atoms with E-state index in [9.17, 15) is 4.79 Å². The van der Waals surface area contributed by atoms with Crippen molar-refractivity contribution in [2.75, 3.05) is 12.4 Å². The molecule has 128 valence electrons. The van der Waals surface area contributed by atoms with Gasteiger partial charge < -0.3 is 10.1 Å². The largest absolute Gasteiger partial charge is 0.497 e. The van der Waals surface area contributed by atoms with Gasteiger partial charge in [0.2, 0.25) is 5.91 Å². The molecule has 1 aromatic carbocycles. The van der Waals surface area contributed by atoms with Crippen LogP contribution in [-0.2, 0) is 11.2 Å². The number of hydrogen-bond acceptors (Lipinski definition) is 5. The second-order valence-electron chi connectivity index (χ2n) is 5.68. The Labute approximate surface area is 145 Å². The molecule has 0 fully saturated rings. The van der Waals surface area contributed by atoms with Gasteiger partial charge in [0.25, 0.3) is 5.95 Å². The molecule has 0 radical (unpaired) electrons.